The van der Waals surface area contributed by atoms with E-state index in [9.17, 15) is 0 Å². The molecule has 0 saturated heterocycles. The van der Waals surface area contributed by atoms with Gasteiger partial charge < -0.3 is 5.73 Å². The van der Waals surface area contributed by atoms with E-state index in [0.717, 1.165) is 11.4 Å². The van der Waals surface area contributed by atoms with Gasteiger partial charge in [-0.05, 0) is 19.1 Å². The number of nitrogens with zero attached hydrogens (tertiary/aromatic N) is 5. The van der Waals surface area contributed by atoms with E-state index in [0.29, 0.717) is 0 Å². The SMILES string of the molecule is C[C@H](N)c1ccc(-n2cnc(C#N)n2)cn1. The molecule has 6 heteroatoms. The fourth-order valence-electron chi connectivity index (χ4n) is 1.24. The van der Waals surface area contributed by atoms with Crippen molar-refractivity contribution in [3.63, 3.8) is 0 Å². The number of nitriles is 1. The maximum atomic E-state index is 8.59. The van der Waals surface area contributed by atoms with E-state index in [-0.39, 0.29) is 11.9 Å². The molecule has 2 aromatic rings. The Labute approximate surface area is 92.4 Å². The molecule has 0 radical (unpaired) electrons. The van der Waals surface area contributed by atoms with Gasteiger partial charge in [-0.3, -0.25) is 4.98 Å². The molecule has 0 spiro atoms. The summed E-state index contributed by atoms with van der Waals surface area (Å²) in [6, 6.07) is 5.43. The zero-order valence-corrected chi connectivity index (χ0v) is 8.70. The van der Waals surface area contributed by atoms with Crippen LogP contribution in [0.1, 0.15) is 24.5 Å². The Morgan fingerprint density at radius 2 is 2.25 bits per heavy atom. The zero-order chi connectivity index (χ0) is 11.5. The highest BCUT2D eigenvalue weighted by molar-refractivity contribution is 5.29. The van der Waals surface area contributed by atoms with Gasteiger partial charge in [-0.1, -0.05) is 0 Å². The lowest BCUT2D eigenvalue weighted by Gasteiger charge is -2.05. The third-order valence-corrected chi connectivity index (χ3v) is 2.09. The van der Waals surface area contributed by atoms with Crippen molar-refractivity contribution < 1.29 is 0 Å². The second kappa shape index (κ2) is 4.08. The van der Waals surface area contributed by atoms with E-state index in [1.54, 1.807) is 6.20 Å². The molecule has 2 heterocycles. The molecule has 0 amide bonds. The highest BCUT2D eigenvalue weighted by Crippen LogP contribution is 2.09. The van der Waals surface area contributed by atoms with Crippen LogP contribution < -0.4 is 5.73 Å². The smallest absolute Gasteiger partial charge is 0.252 e. The van der Waals surface area contributed by atoms with Gasteiger partial charge in [0.2, 0.25) is 0 Å². The van der Waals surface area contributed by atoms with Crippen LogP contribution in [-0.4, -0.2) is 19.7 Å². The molecule has 0 unspecified atom stereocenters. The molecule has 0 saturated carbocycles. The second-order valence-corrected chi connectivity index (χ2v) is 3.35. The van der Waals surface area contributed by atoms with Gasteiger partial charge in [0.1, 0.15) is 12.4 Å². The van der Waals surface area contributed by atoms with Crippen molar-refractivity contribution in [3.8, 4) is 11.8 Å². The Morgan fingerprint density at radius 1 is 1.44 bits per heavy atom. The van der Waals surface area contributed by atoms with Gasteiger partial charge in [-0.25, -0.2) is 9.67 Å². The molecule has 1 atom stereocenters. The van der Waals surface area contributed by atoms with Gasteiger partial charge in [0.25, 0.3) is 5.82 Å². The summed E-state index contributed by atoms with van der Waals surface area (Å²) in [5.74, 6) is 0.135. The maximum Gasteiger partial charge on any atom is 0.252 e. The third-order valence-electron chi connectivity index (χ3n) is 2.09. The molecule has 0 aliphatic heterocycles. The summed E-state index contributed by atoms with van der Waals surface area (Å²) >= 11 is 0. The summed E-state index contributed by atoms with van der Waals surface area (Å²) < 4.78 is 1.50. The van der Waals surface area contributed by atoms with Gasteiger partial charge in [0.05, 0.1) is 17.6 Å². The van der Waals surface area contributed by atoms with E-state index in [2.05, 4.69) is 15.1 Å². The van der Waals surface area contributed by atoms with Crippen LogP contribution in [0.25, 0.3) is 5.69 Å². The van der Waals surface area contributed by atoms with Crippen LogP contribution >= 0.6 is 0 Å². The lowest BCUT2D eigenvalue weighted by molar-refractivity contribution is 0.774. The van der Waals surface area contributed by atoms with Crippen LogP contribution in [-0.2, 0) is 0 Å². The first-order chi connectivity index (χ1) is 7.70. The van der Waals surface area contributed by atoms with E-state index in [1.165, 1.54) is 11.0 Å². The molecule has 2 aromatic heterocycles. The normalized spacial score (nSPS) is 12.1. The number of hydrogen-bond donors (Lipinski definition) is 1. The Bertz CT molecular complexity index is 519. The molecular formula is C10H10N6. The first-order valence-corrected chi connectivity index (χ1v) is 4.74. The Morgan fingerprint density at radius 3 is 2.75 bits per heavy atom. The Balaban J connectivity index is 2.31. The molecule has 2 N–H and O–H groups in total. The van der Waals surface area contributed by atoms with Crippen LogP contribution in [0.3, 0.4) is 0 Å². The van der Waals surface area contributed by atoms with Gasteiger partial charge >= 0.3 is 0 Å². The van der Waals surface area contributed by atoms with Crippen LogP contribution in [0.15, 0.2) is 24.7 Å². The van der Waals surface area contributed by atoms with Crippen molar-refractivity contribution in [1.82, 2.24) is 19.7 Å². The van der Waals surface area contributed by atoms with Crippen LogP contribution in [0.2, 0.25) is 0 Å². The first-order valence-electron chi connectivity index (χ1n) is 4.74. The largest absolute Gasteiger partial charge is 0.323 e. The fraction of sp³-hybridized carbons (Fsp3) is 0.200. The average molecular weight is 214 g/mol. The summed E-state index contributed by atoms with van der Waals surface area (Å²) in [4.78, 5) is 8.00. The molecule has 0 bridgehead atoms. The summed E-state index contributed by atoms with van der Waals surface area (Å²) in [5.41, 5.74) is 7.25. The van der Waals surface area contributed by atoms with Crippen LogP contribution in [0, 0.1) is 11.3 Å². The number of nitrogens with two attached hydrogens (primary N) is 1. The molecule has 0 fully saturated rings. The monoisotopic (exact) mass is 214 g/mol. The van der Waals surface area contributed by atoms with Crippen molar-refractivity contribution in [1.29, 1.82) is 5.26 Å². The number of rotatable bonds is 2. The minimum Gasteiger partial charge on any atom is -0.323 e. The van der Waals surface area contributed by atoms with E-state index in [4.69, 9.17) is 11.0 Å². The first kappa shape index (κ1) is 10.3. The van der Waals surface area contributed by atoms with Crippen LogP contribution in [0.4, 0.5) is 0 Å². The molecular weight excluding hydrogens is 204 g/mol. The quantitative estimate of drug-likeness (QED) is 0.788. The zero-order valence-electron chi connectivity index (χ0n) is 8.70. The Kier molecular flexibility index (Phi) is 2.62. The van der Waals surface area contributed by atoms with Gasteiger partial charge in [0.15, 0.2) is 0 Å². The maximum absolute atomic E-state index is 8.59. The minimum atomic E-state index is -0.0977. The molecule has 0 aliphatic rings. The molecule has 0 aromatic carbocycles. The highest BCUT2D eigenvalue weighted by atomic mass is 15.3. The van der Waals surface area contributed by atoms with Crippen molar-refractivity contribution in [2.45, 2.75) is 13.0 Å². The highest BCUT2D eigenvalue weighted by Gasteiger charge is 2.04. The van der Waals surface area contributed by atoms with Gasteiger partial charge in [-0.2, -0.15) is 5.26 Å². The van der Waals surface area contributed by atoms with Crippen LogP contribution in [0.5, 0.6) is 0 Å². The van der Waals surface area contributed by atoms with Crippen molar-refractivity contribution in [3.05, 3.63) is 36.2 Å². The van der Waals surface area contributed by atoms with Crippen molar-refractivity contribution in [2.24, 2.45) is 5.73 Å². The number of hydrogen-bond acceptors (Lipinski definition) is 5. The van der Waals surface area contributed by atoms with Gasteiger partial charge in [-0.15, -0.1) is 5.10 Å². The number of pyridine rings is 1. The molecule has 2 rings (SSSR count). The average Bonchev–Trinajstić information content (AvgIpc) is 2.77. The lowest BCUT2D eigenvalue weighted by Crippen LogP contribution is -2.07. The van der Waals surface area contributed by atoms with E-state index < -0.39 is 0 Å². The molecule has 6 nitrogen and oxygen atoms in total. The second-order valence-electron chi connectivity index (χ2n) is 3.35. The third kappa shape index (κ3) is 1.89. The van der Waals surface area contributed by atoms with E-state index in [1.807, 2.05) is 25.1 Å². The summed E-state index contributed by atoms with van der Waals surface area (Å²) in [5, 5.41) is 12.5. The fourth-order valence-corrected chi connectivity index (χ4v) is 1.24. The van der Waals surface area contributed by atoms with Crippen molar-refractivity contribution >= 4 is 0 Å². The number of aromatic nitrogens is 4. The summed E-state index contributed by atoms with van der Waals surface area (Å²) in [6.07, 6.45) is 3.12. The Hall–Kier alpha value is -2.26. The predicted molar refractivity (Wildman–Crippen MR) is 56.5 cm³/mol. The predicted octanol–water partition coefficient (Wildman–Crippen LogP) is 0.554. The molecule has 0 aliphatic carbocycles. The minimum absolute atomic E-state index is 0.0977. The lowest BCUT2D eigenvalue weighted by atomic mass is 10.2. The summed E-state index contributed by atoms with van der Waals surface area (Å²) in [6.45, 7) is 1.87. The standard InChI is InChI=1S/C10H10N6/c1-7(12)9-3-2-8(5-13-9)16-6-14-10(4-11)15-16/h2-3,5-7H,12H2,1H3/t7-/m0/s1. The van der Waals surface area contributed by atoms with Gasteiger partial charge in [0, 0.05) is 6.04 Å². The molecule has 80 valence electrons. The van der Waals surface area contributed by atoms with E-state index >= 15 is 0 Å². The topological polar surface area (TPSA) is 93.4 Å². The summed E-state index contributed by atoms with van der Waals surface area (Å²) in [7, 11) is 0. The van der Waals surface area contributed by atoms with Crippen molar-refractivity contribution in [2.75, 3.05) is 0 Å². The molecule has 16 heavy (non-hydrogen) atoms.